The Morgan fingerprint density at radius 3 is 2.73 bits per heavy atom. The average Bonchev–Trinajstić information content (AvgIpc) is 2.46. The number of aliphatic hydroxyl groups excluding tert-OH is 1. The van der Waals surface area contributed by atoms with Crippen LogP contribution < -0.4 is 5.32 Å². The molecule has 2 N–H and O–H groups in total. The molecule has 0 aliphatic heterocycles. The second-order valence-electron chi connectivity index (χ2n) is 4.88. The SMILES string of the molecule is CC(O)Cn1cc(CNC(C)(C)C)nn1. The molecular weight excluding hydrogens is 192 g/mol. The molecule has 5 heteroatoms. The molecule has 1 unspecified atom stereocenters. The Labute approximate surface area is 90.5 Å². The summed E-state index contributed by atoms with van der Waals surface area (Å²) in [6, 6.07) is 0. The highest BCUT2D eigenvalue weighted by molar-refractivity contribution is 4.93. The number of aromatic nitrogens is 3. The first-order valence-corrected chi connectivity index (χ1v) is 5.19. The van der Waals surface area contributed by atoms with Crippen molar-refractivity contribution in [2.45, 2.75) is 52.4 Å². The molecular formula is C10H20N4O. The van der Waals surface area contributed by atoms with Crippen molar-refractivity contribution in [1.82, 2.24) is 20.3 Å². The quantitative estimate of drug-likeness (QED) is 0.765. The molecule has 86 valence electrons. The standard InChI is InChI=1S/C10H20N4O/c1-8(15)6-14-7-9(12-13-14)5-11-10(2,3)4/h7-8,11,15H,5-6H2,1-4H3. The lowest BCUT2D eigenvalue weighted by molar-refractivity contribution is 0.167. The van der Waals surface area contributed by atoms with Crippen molar-refractivity contribution in [2.75, 3.05) is 0 Å². The van der Waals surface area contributed by atoms with Crippen LogP contribution in [0.15, 0.2) is 6.20 Å². The molecule has 0 bridgehead atoms. The minimum atomic E-state index is -0.393. The van der Waals surface area contributed by atoms with E-state index in [1.807, 2.05) is 6.20 Å². The molecule has 0 saturated heterocycles. The van der Waals surface area contributed by atoms with Crippen molar-refractivity contribution >= 4 is 0 Å². The van der Waals surface area contributed by atoms with Gasteiger partial charge in [0.1, 0.15) is 0 Å². The van der Waals surface area contributed by atoms with Gasteiger partial charge in [0.15, 0.2) is 0 Å². The Hall–Kier alpha value is -0.940. The van der Waals surface area contributed by atoms with Crippen molar-refractivity contribution < 1.29 is 5.11 Å². The van der Waals surface area contributed by atoms with E-state index >= 15 is 0 Å². The van der Waals surface area contributed by atoms with Gasteiger partial charge >= 0.3 is 0 Å². The lowest BCUT2D eigenvalue weighted by Gasteiger charge is -2.19. The van der Waals surface area contributed by atoms with Gasteiger partial charge in [0, 0.05) is 18.3 Å². The summed E-state index contributed by atoms with van der Waals surface area (Å²) in [4.78, 5) is 0. The fourth-order valence-electron chi connectivity index (χ4n) is 1.14. The van der Waals surface area contributed by atoms with Gasteiger partial charge in [0.05, 0.1) is 18.3 Å². The van der Waals surface area contributed by atoms with E-state index < -0.39 is 6.10 Å². The first kappa shape index (κ1) is 12.1. The van der Waals surface area contributed by atoms with E-state index in [1.54, 1.807) is 11.6 Å². The van der Waals surface area contributed by atoms with Crippen LogP contribution in [0.1, 0.15) is 33.4 Å². The van der Waals surface area contributed by atoms with Crippen LogP contribution in [0, 0.1) is 0 Å². The molecule has 1 atom stereocenters. The number of rotatable bonds is 4. The van der Waals surface area contributed by atoms with E-state index in [4.69, 9.17) is 5.11 Å². The van der Waals surface area contributed by atoms with Gasteiger partial charge in [-0.25, -0.2) is 4.68 Å². The number of nitrogens with one attached hydrogen (secondary N) is 1. The summed E-state index contributed by atoms with van der Waals surface area (Å²) in [5, 5.41) is 20.4. The Kier molecular flexibility index (Phi) is 3.82. The van der Waals surface area contributed by atoms with E-state index in [0.717, 1.165) is 5.69 Å². The summed E-state index contributed by atoms with van der Waals surface area (Å²) in [6.07, 6.45) is 1.46. The normalized spacial score (nSPS) is 14.2. The third kappa shape index (κ3) is 4.90. The van der Waals surface area contributed by atoms with Crippen molar-refractivity contribution in [2.24, 2.45) is 0 Å². The minimum absolute atomic E-state index is 0.0774. The highest BCUT2D eigenvalue weighted by Crippen LogP contribution is 2.01. The van der Waals surface area contributed by atoms with Gasteiger partial charge in [-0.1, -0.05) is 5.21 Å². The topological polar surface area (TPSA) is 63.0 Å². The van der Waals surface area contributed by atoms with Crippen LogP contribution in [0.4, 0.5) is 0 Å². The zero-order chi connectivity index (χ0) is 11.5. The van der Waals surface area contributed by atoms with Crippen LogP contribution in [0.2, 0.25) is 0 Å². The first-order chi connectivity index (χ1) is 6.87. The molecule has 5 nitrogen and oxygen atoms in total. The zero-order valence-corrected chi connectivity index (χ0v) is 9.86. The van der Waals surface area contributed by atoms with Crippen LogP contribution in [0.3, 0.4) is 0 Å². The Bertz CT molecular complexity index is 301. The molecule has 15 heavy (non-hydrogen) atoms. The number of aliphatic hydroxyl groups is 1. The molecule has 0 aromatic carbocycles. The van der Waals surface area contributed by atoms with Gasteiger partial charge in [-0.15, -0.1) is 5.10 Å². The predicted molar refractivity (Wildman–Crippen MR) is 58.3 cm³/mol. The minimum Gasteiger partial charge on any atom is -0.391 e. The summed E-state index contributed by atoms with van der Waals surface area (Å²) in [5.74, 6) is 0. The maximum absolute atomic E-state index is 9.17. The average molecular weight is 212 g/mol. The first-order valence-electron chi connectivity index (χ1n) is 5.19. The van der Waals surface area contributed by atoms with Gasteiger partial charge < -0.3 is 10.4 Å². The Balaban J connectivity index is 2.46. The summed E-state index contributed by atoms with van der Waals surface area (Å²) in [7, 11) is 0. The largest absolute Gasteiger partial charge is 0.391 e. The summed E-state index contributed by atoms with van der Waals surface area (Å²) in [5.41, 5.74) is 0.971. The smallest absolute Gasteiger partial charge is 0.0965 e. The molecule has 0 aliphatic rings. The molecule has 0 radical (unpaired) electrons. The molecule has 1 aromatic rings. The van der Waals surface area contributed by atoms with E-state index in [-0.39, 0.29) is 5.54 Å². The van der Waals surface area contributed by atoms with Gasteiger partial charge in [-0.3, -0.25) is 0 Å². The molecule has 1 aromatic heterocycles. The Morgan fingerprint density at radius 1 is 1.53 bits per heavy atom. The molecule has 0 saturated carbocycles. The van der Waals surface area contributed by atoms with Gasteiger partial charge in [0.2, 0.25) is 0 Å². The van der Waals surface area contributed by atoms with Crippen molar-refractivity contribution in [3.8, 4) is 0 Å². The number of hydrogen-bond acceptors (Lipinski definition) is 4. The lowest BCUT2D eigenvalue weighted by Crippen LogP contribution is -2.35. The van der Waals surface area contributed by atoms with Crippen molar-refractivity contribution in [3.63, 3.8) is 0 Å². The Morgan fingerprint density at radius 2 is 2.20 bits per heavy atom. The van der Waals surface area contributed by atoms with Gasteiger partial charge in [-0.05, 0) is 27.7 Å². The third-order valence-corrected chi connectivity index (χ3v) is 1.84. The number of hydrogen-bond donors (Lipinski definition) is 2. The van der Waals surface area contributed by atoms with Gasteiger partial charge in [-0.2, -0.15) is 0 Å². The van der Waals surface area contributed by atoms with E-state index in [0.29, 0.717) is 13.1 Å². The maximum atomic E-state index is 9.17. The fraction of sp³-hybridized carbons (Fsp3) is 0.800. The van der Waals surface area contributed by atoms with Crippen LogP contribution in [-0.2, 0) is 13.1 Å². The zero-order valence-electron chi connectivity index (χ0n) is 9.86. The van der Waals surface area contributed by atoms with Crippen molar-refractivity contribution in [1.29, 1.82) is 0 Å². The second kappa shape index (κ2) is 4.72. The van der Waals surface area contributed by atoms with E-state index in [9.17, 15) is 0 Å². The molecule has 0 fully saturated rings. The molecule has 0 amide bonds. The highest BCUT2D eigenvalue weighted by atomic mass is 16.3. The monoisotopic (exact) mass is 212 g/mol. The van der Waals surface area contributed by atoms with Crippen LogP contribution in [0.25, 0.3) is 0 Å². The molecule has 1 heterocycles. The van der Waals surface area contributed by atoms with Crippen molar-refractivity contribution in [3.05, 3.63) is 11.9 Å². The summed E-state index contributed by atoms with van der Waals surface area (Å²) < 4.78 is 1.66. The molecule has 1 rings (SSSR count). The molecule has 0 aliphatic carbocycles. The maximum Gasteiger partial charge on any atom is 0.0965 e. The lowest BCUT2D eigenvalue weighted by atomic mass is 10.1. The molecule has 0 spiro atoms. The predicted octanol–water partition coefficient (Wildman–Crippen LogP) is 0.547. The highest BCUT2D eigenvalue weighted by Gasteiger charge is 2.10. The van der Waals surface area contributed by atoms with Crippen LogP contribution in [-0.4, -0.2) is 31.7 Å². The summed E-state index contributed by atoms with van der Waals surface area (Å²) in [6.45, 7) is 9.23. The van der Waals surface area contributed by atoms with E-state index in [2.05, 4.69) is 36.4 Å². The fourth-order valence-corrected chi connectivity index (χ4v) is 1.14. The third-order valence-electron chi connectivity index (χ3n) is 1.84. The van der Waals surface area contributed by atoms with Crippen LogP contribution >= 0.6 is 0 Å². The number of nitrogens with zero attached hydrogens (tertiary/aromatic N) is 3. The van der Waals surface area contributed by atoms with E-state index in [1.165, 1.54) is 0 Å². The summed E-state index contributed by atoms with van der Waals surface area (Å²) >= 11 is 0. The van der Waals surface area contributed by atoms with Crippen LogP contribution in [0.5, 0.6) is 0 Å². The second-order valence-corrected chi connectivity index (χ2v) is 4.88. The van der Waals surface area contributed by atoms with Gasteiger partial charge in [0.25, 0.3) is 0 Å².